The third kappa shape index (κ3) is 2.93. The number of nitrogens with one attached hydrogen (secondary N) is 1. The van der Waals surface area contributed by atoms with Crippen LogP contribution >= 0.6 is 0 Å². The van der Waals surface area contributed by atoms with Crippen LogP contribution in [0.25, 0.3) is 0 Å². The first-order valence-electron chi connectivity index (χ1n) is 7.54. The molecule has 2 aliphatic heterocycles. The Hall–Kier alpha value is -1.61. The van der Waals surface area contributed by atoms with E-state index >= 15 is 0 Å². The minimum atomic E-state index is 0.419. The molecule has 2 heterocycles. The Kier molecular flexibility index (Phi) is 4.96. The molecule has 0 spiro atoms. The first-order chi connectivity index (χ1) is 9.75. The number of benzene rings is 1. The average Bonchev–Trinajstić information content (AvgIpc) is 2.65. The molecule has 0 aliphatic carbocycles. The number of aliphatic imine (C=N–C) groups is 1. The van der Waals surface area contributed by atoms with Crippen LogP contribution in [0.15, 0.2) is 40.6 Å². The van der Waals surface area contributed by atoms with Gasteiger partial charge in [-0.15, -0.1) is 0 Å². The summed E-state index contributed by atoms with van der Waals surface area (Å²) < 4.78 is 6.04. The Morgan fingerprint density at radius 1 is 1.20 bits per heavy atom. The van der Waals surface area contributed by atoms with Crippen molar-refractivity contribution in [3.8, 4) is 5.75 Å². The van der Waals surface area contributed by atoms with E-state index < -0.39 is 0 Å². The fourth-order valence-electron chi connectivity index (χ4n) is 2.47. The molecule has 20 heavy (non-hydrogen) atoms. The van der Waals surface area contributed by atoms with E-state index in [1.807, 2.05) is 38.1 Å². The number of hydrogen-bond acceptors (Lipinski definition) is 3. The maximum atomic E-state index is 6.04. The summed E-state index contributed by atoms with van der Waals surface area (Å²) in [6.45, 7) is 10.2. The van der Waals surface area contributed by atoms with Gasteiger partial charge in [0.15, 0.2) is 5.75 Å². The van der Waals surface area contributed by atoms with Crippen molar-refractivity contribution in [2.75, 3.05) is 13.1 Å². The largest absolute Gasteiger partial charge is 0.458 e. The molecule has 3 heteroatoms. The van der Waals surface area contributed by atoms with Gasteiger partial charge in [-0.05, 0) is 31.0 Å². The lowest BCUT2D eigenvalue weighted by Gasteiger charge is -2.22. The normalized spacial score (nSPS) is 17.1. The number of rotatable bonds is 1. The van der Waals surface area contributed by atoms with Crippen LogP contribution in [0.2, 0.25) is 0 Å². The third-order valence-corrected chi connectivity index (χ3v) is 3.37. The molecule has 0 bridgehead atoms. The second kappa shape index (κ2) is 6.71. The predicted molar refractivity (Wildman–Crippen MR) is 84.9 cm³/mol. The van der Waals surface area contributed by atoms with E-state index in [1.54, 1.807) is 0 Å². The standard InChI is InChI=1S/C15H18N2O.C2H6/c1-10(2)15-11-7-8-16-9-14(11)18-13-6-4-3-5-12(13)17-15;1-2/h3-6,10,16H,7-9H2,1-2H3;1-2H3. The molecule has 0 atom stereocenters. The van der Waals surface area contributed by atoms with E-state index in [-0.39, 0.29) is 0 Å². The predicted octanol–water partition coefficient (Wildman–Crippen LogP) is 4.08. The highest BCUT2D eigenvalue weighted by molar-refractivity contribution is 6.04. The molecule has 1 N–H and O–H groups in total. The molecule has 0 unspecified atom stereocenters. The van der Waals surface area contributed by atoms with E-state index in [4.69, 9.17) is 9.73 Å². The molecular weight excluding hydrogens is 248 g/mol. The lowest BCUT2D eigenvalue weighted by atomic mass is 9.94. The maximum Gasteiger partial charge on any atom is 0.152 e. The van der Waals surface area contributed by atoms with Crippen molar-refractivity contribution in [3.05, 3.63) is 35.6 Å². The fourth-order valence-corrected chi connectivity index (χ4v) is 2.47. The summed E-state index contributed by atoms with van der Waals surface area (Å²) in [5.41, 5.74) is 3.41. The molecule has 0 aromatic heterocycles. The van der Waals surface area contributed by atoms with E-state index in [0.717, 1.165) is 36.7 Å². The average molecular weight is 272 g/mol. The van der Waals surface area contributed by atoms with Crippen LogP contribution < -0.4 is 10.1 Å². The van der Waals surface area contributed by atoms with Gasteiger partial charge in [0, 0.05) is 5.57 Å². The summed E-state index contributed by atoms with van der Waals surface area (Å²) in [6.07, 6.45) is 1.00. The highest BCUT2D eigenvalue weighted by atomic mass is 16.5. The van der Waals surface area contributed by atoms with Gasteiger partial charge >= 0.3 is 0 Å². The van der Waals surface area contributed by atoms with Gasteiger partial charge in [0.25, 0.3) is 0 Å². The zero-order valence-electron chi connectivity index (χ0n) is 12.9. The summed E-state index contributed by atoms with van der Waals surface area (Å²) >= 11 is 0. The number of nitrogens with zero attached hydrogens (tertiary/aromatic N) is 1. The van der Waals surface area contributed by atoms with Gasteiger partial charge < -0.3 is 10.1 Å². The first-order valence-corrected chi connectivity index (χ1v) is 7.54. The van der Waals surface area contributed by atoms with Crippen molar-refractivity contribution in [1.82, 2.24) is 5.32 Å². The zero-order valence-corrected chi connectivity index (χ0v) is 12.9. The Bertz CT molecular complexity index is 530. The molecular formula is C17H24N2O. The molecule has 0 amide bonds. The van der Waals surface area contributed by atoms with Gasteiger partial charge in [-0.2, -0.15) is 0 Å². The lowest BCUT2D eigenvalue weighted by Crippen LogP contribution is -2.30. The molecule has 0 saturated heterocycles. The summed E-state index contributed by atoms with van der Waals surface area (Å²) in [6, 6.07) is 8.00. The van der Waals surface area contributed by atoms with Gasteiger partial charge in [0.05, 0.1) is 12.3 Å². The van der Waals surface area contributed by atoms with Crippen molar-refractivity contribution in [1.29, 1.82) is 0 Å². The van der Waals surface area contributed by atoms with Crippen molar-refractivity contribution in [3.63, 3.8) is 0 Å². The highest BCUT2D eigenvalue weighted by Crippen LogP contribution is 2.35. The molecule has 0 fully saturated rings. The van der Waals surface area contributed by atoms with Crippen molar-refractivity contribution in [2.24, 2.45) is 10.9 Å². The van der Waals surface area contributed by atoms with E-state index in [9.17, 15) is 0 Å². The Balaban J connectivity index is 0.000000704. The molecule has 2 aliphatic rings. The summed E-state index contributed by atoms with van der Waals surface area (Å²) in [4.78, 5) is 4.83. The van der Waals surface area contributed by atoms with Crippen LogP contribution in [0, 0.1) is 5.92 Å². The monoisotopic (exact) mass is 272 g/mol. The molecule has 3 nitrogen and oxygen atoms in total. The number of ether oxygens (including phenoxy) is 1. The smallest absolute Gasteiger partial charge is 0.152 e. The molecule has 3 rings (SSSR count). The topological polar surface area (TPSA) is 33.6 Å². The van der Waals surface area contributed by atoms with Crippen molar-refractivity contribution >= 4 is 11.4 Å². The number of hydrogen-bond donors (Lipinski definition) is 1. The molecule has 108 valence electrons. The minimum Gasteiger partial charge on any atom is -0.458 e. The van der Waals surface area contributed by atoms with Crippen molar-refractivity contribution < 1.29 is 4.74 Å². The van der Waals surface area contributed by atoms with E-state index in [0.29, 0.717) is 5.92 Å². The van der Waals surface area contributed by atoms with Gasteiger partial charge in [-0.3, -0.25) is 0 Å². The van der Waals surface area contributed by atoms with Gasteiger partial charge in [-0.25, -0.2) is 4.99 Å². The summed E-state index contributed by atoms with van der Waals surface area (Å²) in [5, 5.41) is 3.36. The van der Waals surface area contributed by atoms with E-state index in [2.05, 4.69) is 19.2 Å². The Morgan fingerprint density at radius 2 is 1.95 bits per heavy atom. The Labute approximate surface area is 121 Å². The number of fused-ring (bicyclic) bond motifs is 1. The molecule has 1 aromatic rings. The van der Waals surface area contributed by atoms with Crippen LogP contribution in [0.3, 0.4) is 0 Å². The first kappa shape index (κ1) is 14.8. The van der Waals surface area contributed by atoms with Gasteiger partial charge in [0.2, 0.25) is 0 Å². The SMILES string of the molecule is CC.CC(C)C1=Nc2ccccc2OC2=C1CCNC2. The number of para-hydroxylation sites is 2. The zero-order chi connectivity index (χ0) is 14.5. The second-order valence-corrected chi connectivity index (χ2v) is 5.05. The Morgan fingerprint density at radius 3 is 2.70 bits per heavy atom. The van der Waals surface area contributed by atoms with Crippen molar-refractivity contribution in [2.45, 2.75) is 34.1 Å². The van der Waals surface area contributed by atoms with Crippen LogP contribution in [0.4, 0.5) is 5.69 Å². The van der Waals surface area contributed by atoms with Crippen LogP contribution in [-0.2, 0) is 0 Å². The lowest BCUT2D eigenvalue weighted by molar-refractivity contribution is 0.389. The van der Waals surface area contributed by atoms with E-state index in [1.165, 1.54) is 11.3 Å². The third-order valence-electron chi connectivity index (χ3n) is 3.37. The summed E-state index contributed by atoms with van der Waals surface area (Å²) in [7, 11) is 0. The quantitative estimate of drug-likeness (QED) is 0.835. The highest BCUT2D eigenvalue weighted by Gasteiger charge is 2.24. The van der Waals surface area contributed by atoms with Gasteiger partial charge in [-0.1, -0.05) is 39.8 Å². The van der Waals surface area contributed by atoms with Crippen LogP contribution in [-0.4, -0.2) is 18.8 Å². The molecule has 0 radical (unpaired) electrons. The van der Waals surface area contributed by atoms with Gasteiger partial charge in [0.1, 0.15) is 11.4 Å². The minimum absolute atomic E-state index is 0.419. The van der Waals surface area contributed by atoms with Crippen LogP contribution in [0.1, 0.15) is 34.1 Å². The molecule has 0 saturated carbocycles. The maximum absolute atomic E-state index is 6.04. The second-order valence-electron chi connectivity index (χ2n) is 5.05. The van der Waals surface area contributed by atoms with Crippen LogP contribution in [0.5, 0.6) is 5.75 Å². The summed E-state index contributed by atoms with van der Waals surface area (Å²) in [5.74, 6) is 2.32. The molecule has 1 aromatic carbocycles. The fraction of sp³-hybridized carbons (Fsp3) is 0.471.